The number of amides is 2. The zero-order chi connectivity index (χ0) is 11.3. The lowest BCUT2D eigenvalue weighted by Crippen LogP contribution is -2.51. The molecule has 86 valence electrons. The second kappa shape index (κ2) is 5.55. The maximum Gasteiger partial charge on any atom is 0.410 e. The summed E-state index contributed by atoms with van der Waals surface area (Å²) in [6.07, 6.45) is 3.00. The number of carbonyl (C=O) groups excluding carboxylic acids is 2. The molecule has 15 heavy (non-hydrogen) atoms. The van der Waals surface area contributed by atoms with Gasteiger partial charge in [-0.15, -0.1) is 0 Å². The molecule has 1 heterocycles. The maximum absolute atomic E-state index is 11.5. The SMILES string of the molecule is COC(=O)N1CCCCCC1C(=O)NN. The van der Waals surface area contributed by atoms with Crippen LogP contribution in [0.25, 0.3) is 0 Å². The molecular formula is C9H17N3O3. The van der Waals surface area contributed by atoms with Gasteiger partial charge in [-0.2, -0.15) is 0 Å². The molecule has 0 saturated carbocycles. The van der Waals surface area contributed by atoms with Gasteiger partial charge in [0.25, 0.3) is 5.91 Å². The van der Waals surface area contributed by atoms with Crippen molar-refractivity contribution in [3.05, 3.63) is 0 Å². The van der Waals surface area contributed by atoms with Gasteiger partial charge in [0, 0.05) is 6.54 Å². The molecule has 0 aromatic rings. The Morgan fingerprint density at radius 1 is 1.40 bits per heavy atom. The van der Waals surface area contributed by atoms with Gasteiger partial charge in [0.1, 0.15) is 6.04 Å². The molecule has 1 saturated heterocycles. The average molecular weight is 215 g/mol. The molecule has 6 nitrogen and oxygen atoms in total. The Labute approximate surface area is 88.7 Å². The summed E-state index contributed by atoms with van der Waals surface area (Å²) < 4.78 is 4.64. The highest BCUT2D eigenvalue weighted by Gasteiger charge is 2.30. The fourth-order valence-electron chi connectivity index (χ4n) is 1.81. The number of nitrogens with zero attached hydrogens (tertiary/aromatic N) is 1. The second-order valence-corrected chi connectivity index (χ2v) is 3.54. The number of ether oxygens (including phenoxy) is 1. The van der Waals surface area contributed by atoms with Crippen LogP contribution in [0.3, 0.4) is 0 Å². The third-order valence-corrected chi connectivity index (χ3v) is 2.61. The standard InChI is InChI=1S/C9H17N3O3/c1-15-9(14)12-6-4-2-3-5-7(12)8(13)11-10/h7H,2-6,10H2,1H3,(H,11,13). The summed E-state index contributed by atoms with van der Waals surface area (Å²) in [5.74, 6) is 4.75. The number of hydrogen-bond donors (Lipinski definition) is 2. The van der Waals surface area contributed by atoms with Crippen LogP contribution in [0.1, 0.15) is 25.7 Å². The van der Waals surface area contributed by atoms with Gasteiger partial charge < -0.3 is 4.74 Å². The van der Waals surface area contributed by atoms with E-state index in [1.807, 2.05) is 0 Å². The predicted molar refractivity (Wildman–Crippen MR) is 53.7 cm³/mol. The first kappa shape index (κ1) is 11.8. The summed E-state index contributed by atoms with van der Waals surface area (Å²) in [6, 6.07) is -0.495. The molecule has 6 heteroatoms. The molecule has 1 aliphatic rings. The summed E-state index contributed by atoms with van der Waals surface area (Å²) in [5, 5.41) is 0. The largest absolute Gasteiger partial charge is 0.453 e. The molecule has 2 amide bonds. The highest BCUT2D eigenvalue weighted by molar-refractivity contribution is 5.85. The maximum atomic E-state index is 11.5. The third-order valence-electron chi connectivity index (χ3n) is 2.61. The molecule has 0 aromatic carbocycles. The van der Waals surface area contributed by atoms with Crippen molar-refractivity contribution in [1.82, 2.24) is 10.3 Å². The number of methoxy groups -OCH3 is 1. The van der Waals surface area contributed by atoms with Crippen molar-refractivity contribution in [3.8, 4) is 0 Å². The summed E-state index contributed by atoms with van der Waals surface area (Å²) in [5.41, 5.74) is 2.08. The van der Waals surface area contributed by atoms with Crippen molar-refractivity contribution < 1.29 is 14.3 Å². The van der Waals surface area contributed by atoms with Gasteiger partial charge in [-0.05, 0) is 12.8 Å². The number of rotatable bonds is 1. The Morgan fingerprint density at radius 3 is 2.73 bits per heavy atom. The van der Waals surface area contributed by atoms with E-state index in [4.69, 9.17) is 5.84 Å². The van der Waals surface area contributed by atoms with E-state index >= 15 is 0 Å². The van der Waals surface area contributed by atoms with Crippen LogP contribution in [0.5, 0.6) is 0 Å². The topological polar surface area (TPSA) is 84.7 Å². The van der Waals surface area contributed by atoms with Crippen molar-refractivity contribution in [2.24, 2.45) is 5.84 Å². The van der Waals surface area contributed by atoms with E-state index < -0.39 is 12.1 Å². The Morgan fingerprint density at radius 2 is 2.13 bits per heavy atom. The zero-order valence-electron chi connectivity index (χ0n) is 8.86. The van der Waals surface area contributed by atoms with Crippen LogP contribution in [0, 0.1) is 0 Å². The van der Waals surface area contributed by atoms with Crippen molar-refractivity contribution in [2.45, 2.75) is 31.7 Å². The van der Waals surface area contributed by atoms with Crippen LogP contribution in [0.2, 0.25) is 0 Å². The summed E-state index contributed by atoms with van der Waals surface area (Å²) in [6.45, 7) is 0.546. The van der Waals surface area contributed by atoms with E-state index in [-0.39, 0.29) is 5.91 Å². The molecule has 0 aliphatic carbocycles. The molecule has 0 spiro atoms. The van der Waals surface area contributed by atoms with Crippen molar-refractivity contribution in [1.29, 1.82) is 0 Å². The Bertz CT molecular complexity index is 221. The lowest BCUT2D eigenvalue weighted by Gasteiger charge is -2.26. The van der Waals surface area contributed by atoms with Gasteiger partial charge >= 0.3 is 6.09 Å². The minimum absolute atomic E-state index is 0.331. The number of hydrazine groups is 1. The number of nitrogens with one attached hydrogen (secondary N) is 1. The minimum Gasteiger partial charge on any atom is -0.453 e. The van der Waals surface area contributed by atoms with Gasteiger partial charge in [0.2, 0.25) is 0 Å². The molecule has 0 aromatic heterocycles. The molecule has 0 bridgehead atoms. The van der Waals surface area contributed by atoms with Gasteiger partial charge in [-0.1, -0.05) is 12.8 Å². The highest BCUT2D eigenvalue weighted by Crippen LogP contribution is 2.17. The molecule has 1 fully saturated rings. The smallest absolute Gasteiger partial charge is 0.410 e. The number of likely N-dealkylation sites (tertiary alicyclic amines) is 1. The van der Waals surface area contributed by atoms with E-state index in [2.05, 4.69) is 10.2 Å². The van der Waals surface area contributed by atoms with Gasteiger partial charge in [0.05, 0.1) is 7.11 Å². The average Bonchev–Trinajstić information content (AvgIpc) is 2.52. The highest BCUT2D eigenvalue weighted by atomic mass is 16.5. The van der Waals surface area contributed by atoms with Crippen LogP contribution in [0.4, 0.5) is 4.79 Å². The van der Waals surface area contributed by atoms with Gasteiger partial charge in [0.15, 0.2) is 0 Å². The minimum atomic E-state index is -0.495. The molecule has 3 N–H and O–H groups in total. The third kappa shape index (κ3) is 2.82. The second-order valence-electron chi connectivity index (χ2n) is 3.54. The van der Waals surface area contributed by atoms with Crippen molar-refractivity contribution in [3.63, 3.8) is 0 Å². The quantitative estimate of drug-likeness (QED) is 0.366. The van der Waals surface area contributed by atoms with Crippen LogP contribution in [0.15, 0.2) is 0 Å². The normalized spacial score (nSPS) is 21.7. The fourth-order valence-corrected chi connectivity index (χ4v) is 1.81. The molecule has 0 radical (unpaired) electrons. The first-order valence-corrected chi connectivity index (χ1v) is 5.05. The number of nitrogens with two attached hydrogens (primary N) is 1. The molecule has 1 aliphatic heterocycles. The van der Waals surface area contributed by atoms with E-state index in [9.17, 15) is 9.59 Å². The Hall–Kier alpha value is -1.30. The molecule has 1 unspecified atom stereocenters. The monoisotopic (exact) mass is 215 g/mol. The van der Waals surface area contributed by atoms with Crippen molar-refractivity contribution in [2.75, 3.05) is 13.7 Å². The van der Waals surface area contributed by atoms with E-state index in [0.29, 0.717) is 13.0 Å². The first-order chi connectivity index (χ1) is 7.20. The molecular weight excluding hydrogens is 198 g/mol. The van der Waals surface area contributed by atoms with Crippen LogP contribution in [-0.4, -0.2) is 36.6 Å². The predicted octanol–water partition coefficient (Wildman–Crippen LogP) is -0.0127. The number of carbonyl (C=O) groups is 2. The molecule has 1 atom stereocenters. The lowest BCUT2D eigenvalue weighted by molar-refractivity contribution is -0.126. The summed E-state index contributed by atoms with van der Waals surface area (Å²) >= 11 is 0. The van der Waals surface area contributed by atoms with Crippen LogP contribution < -0.4 is 11.3 Å². The van der Waals surface area contributed by atoms with Gasteiger partial charge in [-0.25, -0.2) is 10.6 Å². The van der Waals surface area contributed by atoms with Gasteiger partial charge in [-0.3, -0.25) is 15.1 Å². The summed E-state index contributed by atoms with van der Waals surface area (Å²) in [7, 11) is 1.31. The Kier molecular flexibility index (Phi) is 4.36. The zero-order valence-corrected chi connectivity index (χ0v) is 8.86. The van der Waals surface area contributed by atoms with E-state index in [0.717, 1.165) is 19.3 Å². The van der Waals surface area contributed by atoms with Crippen LogP contribution >= 0.6 is 0 Å². The lowest BCUT2D eigenvalue weighted by atomic mass is 10.1. The summed E-state index contributed by atoms with van der Waals surface area (Å²) in [4.78, 5) is 24.3. The van der Waals surface area contributed by atoms with E-state index in [1.165, 1.54) is 12.0 Å². The fraction of sp³-hybridized carbons (Fsp3) is 0.778. The van der Waals surface area contributed by atoms with Crippen molar-refractivity contribution >= 4 is 12.0 Å². The Balaban J connectivity index is 2.75. The van der Waals surface area contributed by atoms with E-state index in [1.54, 1.807) is 0 Å². The number of hydrogen-bond acceptors (Lipinski definition) is 4. The van der Waals surface area contributed by atoms with Crippen LogP contribution in [-0.2, 0) is 9.53 Å². The molecule has 1 rings (SSSR count). The first-order valence-electron chi connectivity index (χ1n) is 5.05.